The van der Waals surface area contributed by atoms with Gasteiger partial charge in [0.25, 0.3) is 0 Å². The summed E-state index contributed by atoms with van der Waals surface area (Å²) in [6, 6.07) is 5.08. The topological polar surface area (TPSA) is 38.5 Å². The lowest BCUT2D eigenvalue weighted by Crippen LogP contribution is -2.28. The van der Waals surface area contributed by atoms with E-state index in [-0.39, 0.29) is 29.2 Å². The van der Waals surface area contributed by atoms with Gasteiger partial charge in [0.1, 0.15) is 5.75 Å². The lowest BCUT2D eigenvalue weighted by atomic mass is 10.1. The molecule has 0 saturated carbocycles. The molecule has 2 rings (SSSR count). The first kappa shape index (κ1) is 17.4. The number of nitrogens with two attached hydrogens (primary N) is 1. The predicted octanol–water partition coefficient (Wildman–Crippen LogP) is 3.14. The number of nitrogens with zero attached hydrogens (tertiary/aromatic N) is 1. The SMILES string of the molecule is CC1CN(Cc2ccc(OC(F)F)c(Cl)c2)CC1N.Cl. The molecule has 0 amide bonds. The Morgan fingerprint density at radius 1 is 1.45 bits per heavy atom. The van der Waals surface area contributed by atoms with Crippen LogP contribution in [0.15, 0.2) is 18.2 Å². The van der Waals surface area contributed by atoms with Crippen LogP contribution in [0.3, 0.4) is 0 Å². The zero-order chi connectivity index (χ0) is 14.0. The van der Waals surface area contributed by atoms with E-state index in [0.29, 0.717) is 12.5 Å². The van der Waals surface area contributed by atoms with Crippen molar-refractivity contribution in [2.24, 2.45) is 11.7 Å². The monoisotopic (exact) mass is 326 g/mol. The van der Waals surface area contributed by atoms with E-state index in [0.717, 1.165) is 18.7 Å². The number of benzene rings is 1. The van der Waals surface area contributed by atoms with Crippen molar-refractivity contribution in [1.29, 1.82) is 0 Å². The Morgan fingerprint density at radius 3 is 2.65 bits per heavy atom. The maximum absolute atomic E-state index is 12.1. The minimum Gasteiger partial charge on any atom is -0.433 e. The van der Waals surface area contributed by atoms with Gasteiger partial charge in [-0.05, 0) is 23.6 Å². The second-order valence-corrected chi connectivity index (χ2v) is 5.39. The van der Waals surface area contributed by atoms with E-state index in [4.69, 9.17) is 17.3 Å². The van der Waals surface area contributed by atoms with E-state index in [1.165, 1.54) is 6.07 Å². The predicted molar refractivity (Wildman–Crippen MR) is 77.7 cm³/mol. The minimum absolute atomic E-state index is 0. The fourth-order valence-corrected chi connectivity index (χ4v) is 2.56. The number of hydrogen-bond donors (Lipinski definition) is 1. The molecule has 0 radical (unpaired) electrons. The highest BCUT2D eigenvalue weighted by atomic mass is 35.5. The van der Waals surface area contributed by atoms with Gasteiger partial charge in [-0.2, -0.15) is 8.78 Å². The maximum Gasteiger partial charge on any atom is 0.387 e. The van der Waals surface area contributed by atoms with Crippen LogP contribution in [-0.4, -0.2) is 30.6 Å². The molecule has 0 spiro atoms. The molecule has 2 atom stereocenters. The van der Waals surface area contributed by atoms with E-state index in [1.807, 2.05) is 0 Å². The molecule has 2 unspecified atom stereocenters. The molecule has 3 nitrogen and oxygen atoms in total. The standard InChI is InChI=1S/C13H17ClF2N2O.ClH/c1-8-5-18(7-11(8)17)6-9-2-3-12(10(14)4-9)19-13(15)16;/h2-4,8,11,13H,5-7,17H2,1H3;1H. The Kier molecular flexibility index (Phi) is 6.45. The molecule has 0 bridgehead atoms. The van der Waals surface area contributed by atoms with E-state index < -0.39 is 6.61 Å². The molecule has 1 saturated heterocycles. The lowest BCUT2D eigenvalue weighted by molar-refractivity contribution is -0.0498. The summed E-state index contributed by atoms with van der Waals surface area (Å²) < 4.78 is 28.5. The van der Waals surface area contributed by atoms with Crippen molar-refractivity contribution in [3.05, 3.63) is 28.8 Å². The van der Waals surface area contributed by atoms with Crippen LogP contribution in [0.25, 0.3) is 0 Å². The lowest BCUT2D eigenvalue weighted by Gasteiger charge is -2.16. The molecule has 0 aromatic heterocycles. The van der Waals surface area contributed by atoms with E-state index in [2.05, 4.69) is 16.6 Å². The van der Waals surface area contributed by atoms with Gasteiger partial charge in [-0.3, -0.25) is 4.90 Å². The van der Waals surface area contributed by atoms with Gasteiger partial charge in [0.05, 0.1) is 5.02 Å². The first-order valence-corrected chi connectivity index (χ1v) is 6.54. The van der Waals surface area contributed by atoms with Crippen molar-refractivity contribution in [2.45, 2.75) is 26.1 Å². The highest BCUT2D eigenvalue weighted by Gasteiger charge is 2.26. The molecular formula is C13H18Cl2F2N2O. The first-order valence-electron chi connectivity index (χ1n) is 6.17. The molecule has 2 N–H and O–H groups in total. The minimum atomic E-state index is -2.86. The summed E-state index contributed by atoms with van der Waals surface area (Å²) in [5, 5.41) is 0.203. The Labute approximate surface area is 128 Å². The molecule has 1 heterocycles. The van der Waals surface area contributed by atoms with E-state index >= 15 is 0 Å². The summed E-state index contributed by atoms with van der Waals surface area (Å²) in [4.78, 5) is 2.23. The fourth-order valence-electron chi connectivity index (χ4n) is 2.32. The van der Waals surface area contributed by atoms with Crippen molar-refractivity contribution in [1.82, 2.24) is 4.90 Å². The number of hydrogen-bond acceptors (Lipinski definition) is 3. The molecule has 1 aromatic carbocycles. The molecule has 0 aliphatic carbocycles. The van der Waals surface area contributed by atoms with Crippen molar-refractivity contribution < 1.29 is 13.5 Å². The number of alkyl halides is 2. The van der Waals surface area contributed by atoms with Crippen LogP contribution >= 0.6 is 24.0 Å². The van der Waals surface area contributed by atoms with Crippen molar-refractivity contribution in [3.8, 4) is 5.75 Å². The van der Waals surface area contributed by atoms with Crippen LogP contribution in [0, 0.1) is 5.92 Å². The van der Waals surface area contributed by atoms with Crippen molar-refractivity contribution in [3.63, 3.8) is 0 Å². The van der Waals surface area contributed by atoms with E-state index in [1.54, 1.807) is 12.1 Å². The van der Waals surface area contributed by atoms with Crippen LogP contribution in [0.2, 0.25) is 5.02 Å². The molecule has 1 aliphatic heterocycles. The van der Waals surface area contributed by atoms with Crippen LogP contribution in [0.4, 0.5) is 8.78 Å². The third-order valence-corrected chi connectivity index (χ3v) is 3.66. The van der Waals surface area contributed by atoms with Gasteiger partial charge in [0, 0.05) is 25.7 Å². The molecule has 114 valence electrons. The number of rotatable bonds is 4. The third-order valence-electron chi connectivity index (χ3n) is 3.36. The van der Waals surface area contributed by atoms with Crippen molar-refractivity contribution >= 4 is 24.0 Å². The van der Waals surface area contributed by atoms with Gasteiger partial charge >= 0.3 is 6.61 Å². The Morgan fingerprint density at radius 2 is 2.15 bits per heavy atom. The highest BCUT2D eigenvalue weighted by molar-refractivity contribution is 6.32. The largest absolute Gasteiger partial charge is 0.433 e. The van der Waals surface area contributed by atoms with Crippen LogP contribution < -0.4 is 10.5 Å². The zero-order valence-corrected chi connectivity index (χ0v) is 12.6. The molecule has 7 heteroatoms. The van der Waals surface area contributed by atoms with Crippen LogP contribution in [0.1, 0.15) is 12.5 Å². The normalized spacial score (nSPS) is 22.9. The number of ether oxygens (including phenoxy) is 1. The van der Waals surface area contributed by atoms with Crippen LogP contribution in [-0.2, 0) is 6.54 Å². The summed E-state index contributed by atoms with van der Waals surface area (Å²) in [6.45, 7) is 1.76. The molecule has 1 fully saturated rings. The van der Waals surface area contributed by atoms with Crippen molar-refractivity contribution in [2.75, 3.05) is 13.1 Å². The summed E-state index contributed by atoms with van der Waals surface area (Å²) >= 11 is 5.91. The zero-order valence-electron chi connectivity index (χ0n) is 11.1. The summed E-state index contributed by atoms with van der Waals surface area (Å²) in [5.74, 6) is 0.476. The Hall–Kier alpha value is -0.620. The average Bonchev–Trinajstić information content (AvgIpc) is 2.61. The highest BCUT2D eigenvalue weighted by Crippen LogP contribution is 2.28. The summed E-state index contributed by atoms with van der Waals surface area (Å²) in [6.07, 6.45) is 0. The third kappa shape index (κ3) is 4.45. The van der Waals surface area contributed by atoms with Gasteiger partial charge in [0.15, 0.2) is 0 Å². The molecular weight excluding hydrogens is 309 g/mol. The van der Waals surface area contributed by atoms with Gasteiger partial charge in [0.2, 0.25) is 0 Å². The average molecular weight is 327 g/mol. The number of halogens is 4. The second kappa shape index (κ2) is 7.41. The fraction of sp³-hybridized carbons (Fsp3) is 0.538. The molecule has 1 aliphatic rings. The van der Waals surface area contributed by atoms with E-state index in [9.17, 15) is 8.78 Å². The quantitative estimate of drug-likeness (QED) is 0.923. The number of likely N-dealkylation sites (tertiary alicyclic amines) is 1. The van der Waals surface area contributed by atoms with Gasteiger partial charge in [-0.15, -0.1) is 12.4 Å². The molecule has 20 heavy (non-hydrogen) atoms. The van der Waals surface area contributed by atoms with Gasteiger partial charge in [-0.1, -0.05) is 24.6 Å². The summed E-state index contributed by atoms with van der Waals surface area (Å²) in [5.41, 5.74) is 6.93. The Bertz CT molecular complexity index is 438. The van der Waals surface area contributed by atoms with Gasteiger partial charge in [-0.25, -0.2) is 0 Å². The second-order valence-electron chi connectivity index (χ2n) is 4.98. The van der Waals surface area contributed by atoms with Gasteiger partial charge < -0.3 is 10.5 Å². The molecule has 1 aromatic rings. The maximum atomic E-state index is 12.1. The summed E-state index contributed by atoms with van der Waals surface area (Å²) in [7, 11) is 0. The smallest absolute Gasteiger partial charge is 0.387 e. The van der Waals surface area contributed by atoms with Crippen LogP contribution in [0.5, 0.6) is 5.75 Å². The Balaban J connectivity index is 0.00000200. The first-order chi connectivity index (χ1) is 8.95.